The molecule has 148 valence electrons. The van der Waals surface area contributed by atoms with Crippen LogP contribution in [-0.4, -0.2) is 75.4 Å². The lowest BCUT2D eigenvalue weighted by Gasteiger charge is -2.41. The van der Waals surface area contributed by atoms with E-state index in [1.807, 2.05) is 9.80 Å². The molecular weight excluding hydrogens is 360 g/mol. The van der Waals surface area contributed by atoms with Crippen LogP contribution in [0.25, 0.3) is 10.9 Å². The molecule has 1 unspecified atom stereocenters. The van der Waals surface area contributed by atoms with Gasteiger partial charge in [-0.05, 0) is 25.0 Å². The van der Waals surface area contributed by atoms with Crippen molar-refractivity contribution < 1.29 is 9.59 Å². The summed E-state index contributed by atoms with van der Waals surface area (Å²) in [5.41, 5.74) is 0.316. The number of piperazine rings is 1. The number of fused-ring (bicyclic) bond motifs is 1. The number of nitrogens with zero attached hydrogens (tertiary/aromatic N) is 5. The van der Waals surface area contributed by atoms with Crippen LogP contribution in [0.4, 0.5) is 0 Å². The molecule has 0 saturated carbocycles. The molecule has 0 aliphatic carbocycles. The second-order valence-corrected chi connectivity index (χ2v) is 7.28. The van der Waals surface area contributed by atoms with Gasteiger partial charge in [0.1, 0.15) is 5.52 Å². The minimum absolute atomic E-state index is 0.0193. The second-order valence-electron chi connectivity index (χ2n) is 7.28. The van der Waals surface area contributed by atoms with Gasteiger partial charge in [-0.2, -0.15) is 0 Å². The number of carbonyl (C=O) groups excluding carboxylic acids is 2. The van der Waals surface area contributed by atoms with E-state index in [0.717, 1.165) is 19.4 Å². The van der Waals surface area contributed by atoms with Gasteiger partial charge in [-0.25, -0.2) is 4.68 Å². The molecule has 2 aliphatic heterocycles. The van der Waals surface area contributed by atoms with Crippen molar-refractivity contribution in [1.29, 1.82) is 0 Å². The van der Waals surface area contributed by atoms with Crippen molar-refractivity contribution in [3.63, 3.8) is 0 Å². The van der Waals surface area contributed by atoms with Gasteiger partial charge in [0.15, 0.2) is 0 Å². The van der Waals surface area contributed by atoms with E-state index in [4.69, 9.17) is 0 Å². The topological polar surface area (TPSA) is 100 Å². The van der Waals surface area contributed by atoms with Crippen molar-refractivity contribution in [3.8, 4) is 0 Å². The van der Waals surface area contributed by atoms with Crippen LogP contribution in [-0.2, 0) is 16.1 Å². The predicted octanol–water partition coefficient (Wildman–Crippen LogP) is -0.396. The minimum Gasteiger partial charge on any atom is -0.341 e. The third-order valence-corrected chi connectivity index (χ3v) is 5.48. The van der Waals surface area contributed by atoms with E-state index in [-0.39, 0.29) is 36.4 Å². The Kier molecular flexibility index (Phi) is 5.34. The Morgan fingerprint density at radius 2 is 2.07 bits per heavy atom. The number of piperidine rings is 1. The largest absolute Gasteiger partial charge is 0.341 e. The first-order valence-corrected chi connectivity index (χ1v) is 9.74. The van der Waals surface area contributed by atoms with Gasteiger partial charge in [0.25, 0.3) is 5.56 Å². The van der Waals surface area contributed by atoms with E-state index in [1.54, 1.807) is 24.3 Å². The minimum atomic E-state index is -0.235. The third-order valence-electron chi connectivity index (χ3n) is 5.48. The predicted molar refractivity (Wildman–Crippen MR) is 103 cm³/mol. The molecule has 28 heavy (non-hydrogen) atoms. The van der Waals surface area contributed by atoms with Gasteiger partial charge < -0.3 is 15.1 Å². The maximum atomic E-state index is 12.7. The Bertz CT molecular complexity index is 943. The summed E-state index contributed by atoms with van der Waals surface area (Å²) in [6.07, 6.45) is 1.99. The van der Waals surface area contributed by atoms with E-state index >= 15 is 0 Å². The standard InChI is InChI=1S/C19H24N6O3/c26-17(7-10-25-19(28)15-5-1-2-6-16(15)21-22-25)23-9-3-4-14(13-23)24-11-8-20-12-18(24)27/h1-2,5-6,14,20H,3-4,7-13H2. The van der Waals surface area contributed by atoms with Crippen LogP contribution in [0, 0.1) is 0 Å². The number of benzene rings is 1. The van der Waals surface area contributed by atoms with Crippen molar-refractivity contribution in [3.05, 3.63) is 34.6 Å². The molecule has 2 aromatic rings. The zero-order chi connectivity index (χ0) is 19.5. The summed E-state index contributed by atoms with van der Waals surface area (Å²) in [7, 11) is 0. The molecule has 1 aromatic carbocycles. The third kappa shape index (κ3) is 3.75. The quantitative estimate of drug-likeness (QED) is 0.770. The van der Waals surface area contributed by atoms with Crippen molar-refractivity contribution in [2.24, 2.45) is 0 Å². The maximum Gasteiger partial charge on any atom is 0.277 e. The monoisotopic (exact) mass is 384 g/mol. The van der Waals surface area contributed by atoms with Gasteiger partial charge in [-0.1, -0.05) is 17.3 Å². The van der Waals surface area contributed by atoms with Gasteiger partial charge in [0.2, 0.25) is 11.8 Å². The highest BCUT2D eigenvalue weighted by Gasteiger charge is 2.31. The van der Waals surface area contributed by atoms with E-state index in [2.05, 4.69) is 15.6 Å². The van der Waals surface area contributed by atoms with Crippen LogP contribution in [0.1, 0.15) is 19.3 Å². The van der Waals surface area contributed by atoms with E-state index in [1.165, 1.54) is 4.68 Å². The number of aromatic nitrogens is 3. The molecule has 2 saturated heterocycles. The molecule has 1 atom stereocenters. The number of nitrogens with one attached hydrogen (secondary N) is 1. The molecule has 3 heterocycles. The van der Waals surface area contributed by atoms with E-state index < -0.39 is 0 Å². The van der Waals surface area contributed by atoms with Crippen LogP contribution in [0.2, 0.25) is 0 Å². The van der Waals surface area contributed by atoms with Crippen molar-refractivity contribution in [1.82, 2.24) is 30.1 Å². The molecule has 9 nitrogen and oxygen atoms in total. The van der Waals surface area contributed by atoms with Crippen molar-refractivity contribution in [2.75, 3.05) is 32.7 Å². The molecule has 2 amide bonds. The lowest BCUT2D eigenvalue weighted by Crippen LogP contribution is -2.57. The SMILES string of the molecule is O=C(CCn1nnc2ccccc2c1=O)N1CCCC(N2CCNCC2=O)C1. The van der Waals surface area contributed by atoms with Crippen molar-refractivity contribution >= 4 is 22.7 Å². The molecule has 0 bridgehead atoms. The molecule has 9 heteroatoms. The molecular formula is C19H24N6O3. The number of amides is 2. The number of carbonyl (C=O) groups is 2. The summed E-state index contributed by atoms with van der Waals surface area (Å²) in [5.74, 6) is 0.0812. The average Bonchev–Trinajstić information content (AvgIpc) is 2.74. The van der Waals surface area contributed by atoms with Crippen molar-refractivity contribution in [2.45, 2.75) is 31.8 Å². The number of hydrogen-bond donors (Lipinski definition) is 1. The average molecular weight is 384 g/mol. The summed E-state index contributed by atoms with van der Waals surface area (Å²) < 4.78 is 1.25. The zero-order valence-electron chi connectivity index (χ0n) is 15.7. The summed E-state index contributed by atoms with van der Waals surface area (Å²) in [6.45, 7) is 3.29. The Balaban J connectivity index is 1.39. The Labute approximate surface area is 162 Å². The van der Waals surface area contributed by atoms with Gasteiger partial charge in [-0.3, -0.25) is 14.4 Å². The molecule has 2 fully saturated rings. The van der Waals surface area contributed by atoms with Crippen LogP contribution in [0.5, 0.6) is 0 Å². The highest BCUT2D eigenvalue weighted by Crippen LogP contribution is 2.18. The number of rotatable bonds is 4. The van der Waals surface area contributed by atoms with Crippen LogP contribution in [0.15, 0.2) is 29.1 Å². The fourth-order valence-corrected chi connectivity index (χ4v) is 3.97. The highest BCUT2D eigenvalue weighted by atomic mass is 16.2. The van der Waals surface area contributed by atoms with Gasteiger partial charge in [0, 0.05) is 38.6 Å². The Hall–Kier alpha value is -2.81. The number of hydrogen-bond acceptors (Lipinski definition) is 6. The first-order valence-electron chi connectivity index (χ1n) is 9.74. The molecule has 0 spiro atoms. The Morgan fingerprint density at radius 1 is 1.21 bits per heavy atom. The van der Waals surface area contributed by atoms with Gasteiger partial charge in [0.05, 0.1) is 18.5 Å². The zero-order valence-corrected chi connectivity index (χ0v) is 15.7. The van der Waals surface area contributed by atoms with Crippen LogP contribution in [0.3, 0.4) is 0 Å². The maximum absolute atomic E-state index is 12.7. The van der Waals surface area contributed by atoms with Crippen LogP contribution < -0.4 is 10.9 Å². The number of likely N-dealkylation sites (tertiary alicyclic amines) is 1. The molecule has 1 N–H and O–H groups in total. The first-order chi connectivity index (χ1) is 13.6. The highest BCUT2D eigenvalue weighted by molar-refractivity contribution is 5.80. The fourth-order valence-electron chi connectivity index (χ4n) is 3.97. The summed E-state index contributed by atoms with van der Waals surface area (Å²) in [5, 5.41) is 11.6. The summed E-state index contributed by atoms with van der Waals surface area (Å²) in [6, 6.07) is 7.12. The van der Waals surface area contributed by atoms with E-state index in [0.29, 0.717) is 37.1 Å². The smallest absolute Gasteiger partial charge is 0.277 e. The summed E-state index contributed by atoms with van der Waals surface area (Å²) in [4.78, 5) is 41.0. The van der Waals surface area contributed by atoms with Gasteiger partial charge in [-0.15, -0.1) is 5.10 Å². The molecule has 2 aliphatic rings. The summed E-state index contributed by atoms with van der Waals surface area (Å²) >= 11 is 0. The van der Waals surface area contributed by atoms with Crippen LogP contribution >= 0.6 is 0 Å². The number of aryl methyl sites for hydroxylation is 1. The first kappa shape index (κ1) is 18.5. The van der Waals surface area contributed by atoms with E-state index in [9.17, 15) is 14.4 Å². The lowest BCUT2D eigenvalue weighted by atomic mass is 10.0. The lowest BCUT2D eigenvalue weighted by molar-refractivity contribution is -0.140. The normalized spacial score (nSPS) is 20.6. The molecule has 4 rings (SSSR count). The fraction of sp³-hybridized carbons (Fsp3) is 0.526. The molecule has 0 radical (unpaired) electrons. The molecule has 1 aromatic heterocycles. The van der Waals surface area contributed by atoms with Gasteiger partial charge >= 0.3 is 0 Å². The second kappa shape index (κ2) is 8.05. The Morgan fingerprint density at radius 3 is 2.93 bits per heavy atom.